The number of carbonyl (C=O) groups is 2. The van der Waals surface area contributed by atoms with Gasteiger partial charge in [-0.3, -0.25) is 9.59 Å². The number of benzene rings is 2. The van der Waals surface area contributed by atoms with E-state index in [1.54, 1.807) is 48.5 Å². The van der Waals surface area contributed by atoms with Crippen LogP contribution in [0.1, 0.15) is 27.6 Å². The Balaban J connectivity index is 1.53. The lowest BCUT2D eigenvalue weighted by molar-refractivity contribution is -0.140. The van der Waals surface area contributed by atoms with Gasteiger partial charge in [-0.1, -0.05) is 48.5 Å². The molecule has 2 unspecified atom stereocenters. The molecule has 0 radical (unpaired) electrons. The molecule has 1 heterocycles. The van der Waals surface area contributed by atoms with E-state index in [2.05, 4.69) is 10.0 Å². The van der Waals surface area contributed by atoms with Crippen molar-refractivity contribution in [2.75, 3.05) is 5.32 Å². The number of sulfonamides is 1. The second kappa shape index (κ2) is 7.67. The quantitative estimate of drug-likeness (QED) is 0.520. The number of thiophene rings is 1. The third kappa shape index (κ3) is 3.87. The molecular formula is C21H18N2O5S2. The Kier molecular flexibility index (Phi) is 5.19. The Morgan fingerprint density at radius 3 is 2.23 bits per heavy atom. The third-order valence-corrected chi connectivity index (χ3v) is 8.05. The van der Waals surface area contributed by atoms with Gasteiger partial charge in [-0.2, -0.15) is 4.72 Å². The van der Waals surface area contributed by atoms with Crippen molar-refractivity contribution in [3.05, 3.63) is 83.2 Å². The first-order valence-corrected chi connectivity index (χ1v) is 11.4. The minimum Gasteiger partial charge on any atom is -0.480 e. The molecule has 1 saturated carbocycles. The molecule has 1 amide bonds. The predicted molar refractivity (Wildman–Crippen MR) is 113 cm³/mol. The molecule has 2 atom stereocenters. The minimum atomic E-state index is -4.12. The van der Waals surface area contributed by atoms with Gasteiger partial charge >= 0.3 is 5.97 Å². The maximum absolute atomic E-state index is 12.9. The number of aliphatic carboxylic acids is 1. The summed E-state index contributed by atoms with van der Waals surface area (Å²) >= 11 is 0.789. The smallest absolute Gasteiger partial charge is 0.325 e. The molecule has 1 fully saturated rings. The summed E-state index contributed by atoms with van der Waals surface area (Å²) in [5, 5.41) is 12.4. The number of amides is 1. The van der Waals surface area contributed by atoms with E-state index in [-0.39, 0.29) is 15.5 Å². The Labute approximate surface area is 177 Å². The first-order valence-electron chi connectivity index (χ1n) is 9.10. The summed E-state index contributed by atoms with van der Waals surface area (Å²) in [6.45, 7) is 0. The van der Waals surface area contributed by atoms with Crippen molar-refractivity contribution >= 4 is 38.9 Å². The maximum Gasteiger partial charge on any atom is 0.325 e. The number of nitrogens with one attached hydrogen (secondary N) is 2. The highest BCUT2D eigenvalue weighted by Crippen LogP contribution is 2.52. The second-order valence-electron chi connectivity index (χ2n) is 6.99. The van der Waals surface area contributed by atoms with E-state index in [9.17, 15) is 23.1 Å². The highest BCUT2D eigenvalue weighted by Gasteiger charge is 2.63. The molecule has 3 N–H and O–H groups in total. The molecule has 9 heteroatoms. The summed E-state index contributed by atoms with van der Waals surface area (Å²) in [4.78, 5) is 24.5. The van der Waals surface area contributed by atoms with Crippen LogP contribution in [0.15, 0.2) is 77.0 Å². The van der Waals surface area contributed by atoms with Crippen LogP contribution >= 0.6 is 11.3 Å². The first kappa shape index (κ1) is 20.3. The number of carboxylic acids is 1. The average Bonchev–Trinajstić information content (AvgIpc) is 3.22. The zero-order valence-corrected chi connectivity index (χ0v) is 17.2. The molecule has 0 spiro atoms. The van der Waals surface area contributed by atoms with Crippen LogP contribution in [0.4, 0.5) is 5.69 Å². The van der Waals surface area contributed by atoms with Gasteiger partial charge in [0.1, 0.15) is 9.75 Å². The zero-order valence-electron chi connectivity index (χ0n) is 15.6. The summed E-state index contributed by atoms with van der Waals surface area (Å²) in [6, 6.07) is 20.5. The first-order chi connectivity index (χ1) is 14.3. The number of carboxylic acid groups (broad SMARTS) is 1. The highest BCUT2D eigenvalue weighted by molar-refractivity contribution is 7.91. The van der Waals surface area contributed by atoms with E-state index in [1.165, 1.54) is 12.1 Å². The van der Waals surface area contributed by atoms with Crippen molar-refractivity contribution in [2.24, 2.45) is 0 Å². The van der Waals surface area contributed by atoms with Crippen LogP contribution in [-0.2, 0) is 14.8 Å². The summed E-state index contributed by atoms with van der Waals surface area (Å²) in [5.74, 6) is -2.11. The number of para-hydroxylation sites is 1. The molecule has 2 aromatic carbocycles. The van der Waals surface area contributed by atoms with E-state index in [4.69, 9.17) is 0 Å². The Morgan fingerprint density at radius 1 is 0.967 bits per heavy atom. The van der Waals surface area contributed by atoms with Gasteiger partial charge in [0, 0.05) is 11.6 Å². The molecular weight excluding hydrogens is 424 g/mol. The molecule has 1 aliphatic carbocycles. The van der Waals surface area contributed by atoms with Gasteiger partial charge in [0.25, 0.3) is 15.9 Å². The molecule has 7 nitrogen and oxygen atoms in total. The number of anilines is 1. The van der Waals surface area contributed by atoms with Crippen LogP contribution in [0.3, 0.4) is 0 Å². The number of carbonyl (C=O) groups excluding carboxylic acids is 1. The van der Waals surface area contributed by atoms with Crippen LogP contribution in [0.25, 0.3) is 0 Å². The monoisotopic (exact) mass is 442 g/mol. The summed E-state index contributed by atoms with van der Waals surface area (Å²) in [7, 11) is -4.12. The molecule has 4 rings (SSSR count). The number of rotatable bonds is 7. The van der Waals surface area contributed by atoms with Crippen molar-refractivity contribution in [1.82, 2.24) is 4.72 Å². The van der Waals surface area contributed by atoms with Crippen molar-refractivity contribution in [2.45, 2.75) is 22.1 Å². The zero-order chi connectivity index (χ0) is 21.4. The average molecular weight is 443 g/mol. The molecule has 0 aliphatic heterocycles. The van der Waals surface area contributed by atoms with Crippen molar-refractivity contribution < 1.29 is 23.1 Å². The van der Waals surface area contributed by atoms with Crippen LogP contribution < -0.4 is 10.0 Å². The number of hydrogen-bond donors (Lipinski definition) is 3. The van der Waals surface area contributed by atoms with E-state index >= 15 is 0 Å². The molecule has 30 heavy (non-hydrogen) atoms. The molecule has 154 valence electrons. The minimum absolute atomic E-state index is 0.111. The van der Waals surface area contributed by atoms with Crippen LogP contribution in [-0.4, -0.2) is 30.9 Å². The molecule has 1 aliphatic rings. The van der Waals surface area contributed by atoms with Gasteiger partial charge in [-0.15, -0.1) is 11.3 Å². The van der Waals surface area contributed by atoms with E-state index < -0.39 is 33.4 Å². The van der Waals surface area contributed by atoms with E-state index in [0.29, 0.717) is 5.69 Å². The Morgan fingerprint density at radius 2 is 1.60 bits per heavy atom. The molecule has 3 aromatic rings. The standard InChI is InChI=1S/C21H18N2O5S2/c24-19(22-15-9-5-2-6-10-15)17-11-12-18(29-17)30(27,28)23-21(20(25)26)13-16(21)14-7-3-1-4-8-14/h1-12,16,23H,13H2,(H,22,24)(H,25,26). The Bertz CT molecular complexity index is 1190. The Hall–Kier alpha value is -3.01. The molecule has 0 bridgehead atoms. The SMILES string of the molecule is O=C(Nc1ccccc1)c1ccc(S(=O)(=O)NC2(C(=O)O)CC2c2ccccc2)s1. The summed E-state index contributed by atoms with van der Waals surface area (Å²) < 4.78 is 28.0. The lowest BCUT2D eigenvalue weighted by Gasteiger charge is -2.14. The van der Waals surface area contributed by atoms with Gasteiger partial charge in [-0.05, 0) is 36.2 Å². The van der Waals surface area contributed by atoms with Crippen molar-refractivity contribution in [3.8, 4) is 0 Å². The lowest BCUT2D eigenvalue weighted by Crippen LogP contribution is -2.44. The van der Waals surface area contributed by atoms with Gasteiger partial charge in [0.05, 0.1) is 4.88 Å². The summed E-state index contributed by atoms with van der Waals surface area (Å²) in [6.07, 6.45) is 0.165. The highest BCUT2D eigenvalue weighted by atomic mass is 32.2. The normalized spacial score (nSPS) is 20.5. The largest absolute Gasteiger partial charge is 0.480 e. The second-order valence-corrected chi connectivity index (χ2v) is 9.98. The van der Waals surface area contributed by atoms with Gasteiger partial charge in [-0.25, -0.2) is 8.42 Å². The van der Waals surface area contributed by atoms with Crippen LogP contribution in [0.2, 0.25) is 0 Å². The lowest BCUT2D eigenvalue weighted by atomic mass is 10.1. The van der Waals surface area contributed by atoms with Crippen LogP contribution in [0.5, 0.6) is 0 Å². The van der Waals surface area contributed by atoms with Gasteiger partial charge in [0.2, 0.25) is 0 Å². The third-order valence-electron chi connectivity index (χ3n) is 4.96. The molecule has 1 aromatic heterocycles. The maximum atomic E-state index is 12.9. The topological polar surface area (TPSA) is 113 Å². The van der Waals surface area contributed by atoms with Crippen molar-refractivity contribution in [1.29, 1.82) is 0 Å². The fraction of sp³-hybridized carbons (Fsp3) is 0.143. The van der Waals surface area contributed by atoms with Gasteiger partial charge < -0.3 is 10.4 Å². The fourth-order valence-electron chi connectivity index (χ4n) is 3.33. The van der Waals surface area contributed by atoms with E-state index in [0.717, 1.165) is 16.9 Å². The van der Waals surface area contributed by atoms with Gasteiger partial charge in [0.15, 0.2) is 0 Å². The summed E-state index contributed by atoms with van der Waals surface area (Å²) in [5.41, 5.74) is -0.236. The van der Waals surface area contributed by atoms with Crippen molar-refractivity contribution in [3.63, 3.8) is 0 Å². The predicted octanol–water partition coefficient (Wildman–Crippen LogP) is 3.29. The number of hydrogen-bond acceptors (Lipinski definition) is 5. The fourth-order valence-corrected chi connectivity index (χ4v) is 5.94. The van der Waals surface area contributed by atoms with E-state index in [1.807, 2.05) is 12.1 Å². The van der Waals surface area contributed by atoms with Crippen LogP contribution in [0, 0.1) is 0 Å². The molecule has 0 saturated heterocycles.